The molecule has 0 radical (unpaired) electrons. The number of carbonyl (C=O) groups is 1. The topological polar surface area (TPSA) is 64.8 Å². The Bertz CT molecular complexity index is 587. The predicted octanol–water partition coefficient (Wildman–Crippen LogP) is 2.40. The maximum absolute atomic E-state index is 12.9. The normalized spacial score (nSPS) is 26.8. The van der Waals surface area contributed by atoms with Gasteiger partial charge in [-0.25, -0.2) is 0 Å². The van der Waals surface area contributed by atoms with Crippen LogP contribution in [0.2, 0.25) is 0 Å². The molecule has 5 nitrogen and oxygen atoms in total. The van der Waals surface area contributed by atoms with Crippen molar-refractivity contribution in [2.45, 2.75) is 38.1 Å². The Morgan fingerprint density at radius 3 is 2.76 bits per heavy atom. The second-order valence-corrected chi connectivity index (χ2v) is 6.19. The van der Waals surface area contributed by atoms with Gasteiger partial charge in [-0.15, -0.1) is 0 Å². The smallest absolute Gasteiger partial charge is 0.256 e. The molecule has 0 spiro atoms. The van der Waals surface area contributed by atoms with Gasteiger partial charge in [0, 0.05) is 24.3 Å². The number of anilines is 1. The molecule has 2 heterocycles. The largest absolute Gasteiger partial charge is 0.454 e. The second-order valence-electron chi connectivity index (χ2n) is 6.19. The minimum atomic E-state index is 0.0419. The molecule has 1 saturated heterocycles. The number of nitrogen functional groups attached to an aromatic ring is 1. The molecule has 1 amide bonds. The highest BCUT2D eigenvalue weighted by atomic mass is 16.7. The lowest BCUT2D eigenvalue weighted by molar-refractivity contribution is 0.0691. The van der Waals surface area contributed by atoms with Gasteiger partial charge in [0.15, 0.2) is 11.5 Å². The Morgan fingerprint density at radius 1 is 1.14 bits per heavy atom. The minimum absolute atomic E-state index is 0.0419. The van der Waals surface area contributed by atoms with Gasteiger partial charge in [-0.3, -0.25) is 4.79 Å². The highest BCUT2D eigenvalue weighted by molar-refractivity contribution is 6.00. The van der Waals surface area contributed by atoms with E-state index in [1.807, 2.05) is 4.90 Å². The van der Waals surface area contributed by atoms with Crippen molar-refractivity contribution in [3.05, 3.63) is 17.7 Å². The molecule has 0 aromatic heterocycles. The lowest BCUT2D eigenvalue weighted by Crippen LogP contribution is -2.39. The fourth-order valence-corrected chi connectivity index (χ4v) is 3.96. The van der Waals surface area contributed by atoms with Crippen LogP contribution < -0.4 is 15.2 Å². The Morgan fingerprint density at radius 2 is 1.90 bits per heavy atom. The monoisotopic (exact) mass is 288 g/mol. The van der Waals surface area contributed by atoms with Crippen molar-refractivity contribution < 1.29 is 14.3 Å². The molecule has 4 rings (SSSR count). The summed E-state index contributed by atoms with van der Waals surface area (Å²) in [7, 11) is 0. The van der Waals surface area contributed by atoms with E-state index in [9.17, 15) is 4.79 Å². The van der Waals surface area contributed by atoms with Crippen LogP contribution in [0.5, 0.6) is 11.5 Å². The first-order valence-corrected chi connectivity index (χ1v) is 7.74. The highest BCUT2D eigenvalue weighted by Gasteiger charge is 2.39. The minimum Gasteiger partial charge on any atom is -0.454 e. The first kappa shape index (κ1) is 12.8. The maximum Gasteiger partial charge on any atom is 0.256 e. The van der Waals surface area contributed by atoms with Crippen LogP contribution >= 0.6 is 0 Å². The van der Waals surface area contributed by atoms with Gasteiger partial charge in [0.2, 0.25) is 6.79 Å². The van der Waals surface area contributed by atoms with Crippen molar-refractivity contribution in [1.29, 1.82) is 0 Å². The van der Waals surface area contributed by atoms with E-state index in [4.69, 9.17) is 15.2 Å². The van der Waals surface area contributed by atoms with E-state index in [1.54, 1.807) is 12.1 Å². The van der Waals surface area contributed by atoms with Gasteiger partial charge < -0.3 is 20.1 Å². The molecular formula is C16H20N2O3. The van der Waals surface area contributed by atoms with Crippen LogP contribution in [-0.2, 0) is 0 Å². The Labute approximate surface area is 124 Å². The van der Waals surface area contributed by atoms with Crippen molar-refractivity contribution in [2.24, 2.45) is 5.92 Å². The number of amides is 1. The standard InChI is InChI=1S/C16H20N2O3/c17-12-8-15-14(20-9-21-15)7-11(12)16(19)18-6-5-10-3-1-2-4-13(10)18/h7-8,10,13H,1-6,9,17H2. The van der Waals surface area contributed by atoms with E-state index in [1.165, 1.54) is 19.3 Å². The van der Waals surface area contributed by atoms with E-state index < -0.39 is 0 Å². The van der Waals surface area contributed by atoms with Crippen LogP contribution in [0.1, 0.15) is 42.5 Å². The van der Waals surface area contributed by atoms with Crippen molar-refractivity contribution in [1.82, 2.24) is 4.90 Å². The zero-order valence-electron chi connectivity index (χ0n) is 12.0. The number of ether oxygens (including phenoxy) is 2. The van der Waals surface area contributed by atoms with Gasteiger partial charge in [-0.05, 0) is 31.2 Å². The van der Waals surface area contributed by atoms with Crippen LogP contribution in [0.4, 0.5) is 5.69 Å². The third-order valence-electron chi connectivity index (χ3n) is 5.05. The zero-order valence-corrected chi connectivity index (χ0v) is 12.0. The summed E-state index contributed by atoms with van der Waals surface area (Å²) in [4.78, 5) is 14.9. The number of hydrogen-bond donors (Lipinski definition) is 1. The summed E-state index contributed by atoms with van der Waals surface area (Å²) in [6, 6.07) is 3.83. The number of carbonyl (C=O) groups excluding carboxylic acids is 1. The number of nitrogens with two attached hydrogens (primary N) is 1. The van der Waals surface area contributed by atoms with Crippen LogP contribution in [0, 0.1) is 5.92 Å². The molecule has 5 heteroatoms. The van der Waals surface area contributed by atoms with E-state index in [0.29, 0.717) is 34.7 Å². The molecule has 112 valence electrons. The van der Waals surface area contributed by atoms with Gasteiger partial charge in [0.25, 0.3) is 5.91 Å². The van der Waals surface area contributed by atoms with Gasteiger partial charge in [-0.1, -0.05) is 12.8 Å². The Hall–Kier alpha value is -1.91. The number of hydrogen-bond acceptors (Lipinski definition) is 4. The summed E-state index contributed by atoms with van der Waals surface area (Å²) in [6.07, 6.45) is 6.03. The van der Waals surface area contributed by atoms with Gasteiger partial charge in [-0.2, -0.15) is 0 Å². The molecule has 2 unspecified atom stereocenters. The molecule has 2 N–H and O–H groups in total. The average Bonchev–Trinajstić information content (AvgIpc) is 3.11. The van der Waals surface area contributed by atoms with Crippen molar-refractivity contribution in [3.63, 3.8) is 0 Å². The third-order valence-corrected chi connectivity index (χ3v) is 5.05. The van der Waals surface area contributed by atoms with Crippen LogP contribution in [0.3, 0.4) is 0 Å². The first-order valence-electron chi connectivity index (χ1n) is 7.74. The SMILES string of the molecule is Nc1cc2c(cc1C(=O)N1CCC3CCCCC31)OCO2. The number of fused-ring (bicyclic) bond motifs is 2. The Kier molecular flexibility index (Phi) is 2.94. The van der Waals surface area contributed by atoms with Crippen molar-refractivity contribution in [3.8, 4) is 11.5 Å². The predicted molar refractivity (Wildman–Crippen MR) is 78.4 cm³/mol. The molecule has 21 heavy (non-hydrogen) atoms. The number of nitrogens with zero attached hydrogens (tertiary/aromatic N) is 1. The molecule has 2 atom stereocenters. The quantitative estimate of drug-likeness (QED) is 0.806. The van der Waals surface area contributed by atoms with Gasteiger partial charge >= 0.3 is 0 Å². The summed E-state index contributed by atoms with van der Waals surface area (Å²) in [5, 5.41) is 0. The molecule has 1 aromatic rings. The lowest BCUT2D eigenvalue weighted by atomic mass is 9.85. The molecule has 1 saturated carbocycles. The molecular weight excluding hydrogens is 268 g/mol. The third kappa shape index (κ3) is 2.03. The molecule has 0 bridgehead atoms. The molecule has 1 aromatic carbocycles. The number of likely N-dealkylation sites (tertiary alicyclic amines) is 1. The van der Waals surface area contributed by atoms with Crippen molar-refractivity contribution >= 4 is 11.6 Å². The van der Waals surface area contributed by atoms with Crippen LogP contribution in [0.25, 0.3) is 0 Å². The number of benzene rings is 1. The van der Waals surface area contributed by atoms with Gasteiger partial charge in [0.1, 0.15) is 0 Å². The summed E-state index contributed by atoms with van der Waals surface area (Å²) >= 11 is 0. The summed E-state index contributed by atoms with van der Waals surface area (Å²) in [6.45, 7) is 1.04. The zero-order chi connectivity index (χ0) is 14.4. The highest BCUT2D eigenvalue weighted by Crippen LogP contribution is 2.40. The fraction of sp³-hybridized carbons (Fsp3) is 0.562. The molecule has 2 aliphatic heterocycles. The van der Waals surface area contributed by atoms with E-state index in [2.05, 4.69) is 0 Å². The molecule has 2 fully saturated rings. The van der Waals surface area contributed by atoms with E-state index in [0.717, 1.165) is 19.4 Å². The maximum atomic E-state index is 12.9. The van der Waals surface area contributed by atoms with Gasteiger partial charge in [0.05, 0.1) is 5.56 Å². The average molecular weight is 288 g/mol. The summed E-state index contributed by atoms with van der Waals surface area (Å²) in [5.74, 6) is 1.96. The van der Waals surface area contributed by atoms with E-state index >= 15 is 0 Å². The Balaban J connectivity index is 1.63. The van der Waals surface area contributed by atoms with Crippen LogP contribution in [0.15, 0.2) is 12.1 Å². The second kappa shape index (κ2) is 4.83. The summed E-state index contributed by atoms with van der Waals surface area (Å²) < 4.78 is 10.7. The lowest BCUT2D eigenvalue weighted by Gasteiger charge is -2.32. The molecule has 1 aliphatic carbocycles. The van der Waals surface area contributed by atoms with E-state index in [-0.39, 0.29) is 12.7 Å². The summed E-state index contributed by atoms with van der Waals surface area (Å²) in [5.41, 5.74) is 7.07. The molecule has 3 aliphatic rings. The first-order chi connectivity index (χ1) is 10.2. The van der Waals surface area contributed by atoms with Crippen LogP contribution in [-0.4, -0.2) is 30.2 Å². The number of rotatable bonds is 1. The fourth-order valence-electron chi connectivity index (χ4n) is 3.96. The van der Waals surface area contributed by atoms with Crippen molar-refractivity contribution in [2.75, 3.05) is 19.1 Å².